The molecule has 0 aromatic carbocycles. The number of carbonyl (C=O) groups is 2. The standard InChI is InChI=1S/C5H9NO2/c1-6(2)3-5(8)4-7/h4H,3H2,1-2H3. The molecule has 0 rings (SSSR count). The molecule has 0 fully saturated rings. The van der Waals surface area contributed by atoms with E-state index >= 15 is 0 Å². The van der Waals surface area contributed by atoms with Crippen LogP contribution in [0.3, 0.4) is 0 Å². The van der Waals surface area contributed by atoms with Crippen molar-refractivity contribution in [2.24, 2.45) is 0 Å². The quantitative estimate of drug-likeness (QED) is 0.361. The summed E-state index contributed by atoms with van der Waals surface area (Å²) in [6.45, 7) is 0.212. The van der Waals surface area contributed by atoms with Gasteiger partial charge in [0, 0.05) is 0 Å². The molecule has 0 spiro atoms. The largest absolute Gasteiger partial charge is 0.302 e. The van der Waals surface area contributed by atoms with Gasteiger partial charge in [-0.1, -0.05) is 0 Å². The number of hydrogen-bond acceptors (Lipinski definition) is 3. The normalized spacial score (nSPS) is 9.38. The minimum absolute atomic E-state index is 0.212. The van der Waals surface area contributed by atoms with Gasteiger partial charge in [0.2, 0.25) is 5.78 Å². The fraction of sp³-hybridized carbons (Fsp3) is 0.600. The summed E-state index contributed by atoms with van der Waals surface area (Å²) in [5.41, 5.74) is 0. The van der Waals surface area contributed by atoms with Crippen molar-refractivity contribution in [3.05, 3.63) is 0 Å². The Morgan fingerprint density at radius 1 is 1.62 bits per heavy atom. The van der Waals surface area contributed by atoms with Crippen molar-refractivity contribution in [2.75, 3.05) is 20.6 Å². The summed E-state index contributed by atoms with van der Waals surface area (Å²) in [4.78, 5) is 21.5. The number of aldehydes is 1. The van der Waals surface area contributed by atoms with E-state index in [9.17, 15) is 9.59 Å². The van der Waals surface area contributed by atoms with Gasteiger partial charge in [-0.2, -0.15) is 0 Å². The number of carbonyl (C=O) groups excluding carboxylic acids is 2. The molecule has 0 radical (unpaired) electrons. The first kappa shape index (κ1) is 7.30. The van der Waals surface area contributed by atoms with Gasteiger partial charge in [0.1, 0.15) is 0 Å². The molecule has 3 heteroatoms. The average molecular weight is 115 g/mol. The molecule has 0 amide bonds. The zero-order valence-corrected chi connectivity index (χ0v) is 5.05. The lowest BCUT2D eigenvalue weighted by Crippen LogP contribution is -2.21. The predicted molar refractivity (Wildman–Crippen MR) is 29.6 cm³/mol. The smallest absolute Gasteiger partial charge is 0.209 e. The van der Waals surface area contributed by atoms with Crippen molar-refractivity contribution in [3.8, 4) is 0 Å². The third kappa shape index (κ3) is 3.49. The second kappa shape index (κ2) is 3.32. The second-order valence-corrected chi connectivity index (χ2v) is 1.82. The Hall–Kier alpha value is -0.700. The molecule has 0 N–H and O–H groups in total. The molecule has 0 saturated carbocycles. The summed E-state index contributed by atoms with van der Waals surface area (Å²) < 4.78 is 0. The van der Waals surface area contributed by atoms with Gasteiger partial charge in [0.05, 0.1) is 6.54 Å². The topological polar surface area (TPSA) is 37.4 Å². The Morgan fingerprint density at radius 2 is 2.12 bits per heavy atom. The fourth-order valence-electron chi connectivity index (χ4n) is 0.349. The third-order valence-electron chi connectivity index (χ3n) is 0.604. The van der Waals surface area contributed by atoms with Gasteiger partial charge < -0.3 is 4.90 Å². The Balaban J connectivity index is 3.39. The van der Waals surface area contributed by atoms with Crippen LogP contribution in [0.4, 0.5) is 0 Å². The minimum Gasteiger partial charge on any atom is -0.302 e. The van der Waals surface area contributed by atoms with Crippen molar-refractivity contribution in [1.29, 1.82) is 0 Å². The number of nitrogens with zero attached hydrogens (tertiary/aromatic N) is 1. The molecule has 0 aromatic heterocycles. The van der Waals surface area contributed by atoms with E-state index in [1.54, 1.807) is 19.0 Å². The summed E-state index contributed by atoms with van der Waals surface area (Å²) in [6, 6.07) is 0. The van der Waals surface area contributed by atoms with E-state index in [4.69, 9.17) is 0 Å². The van der Waals surface area contributed by atoms with Gasteiger partial charge in [-0.15, -0.1) is 0 Å². The van der Waals surface area contributed by atoms with Crippen molar-refractivity contribution in [3.63, 3.8) is 0 Å². The van der Waals surface area contributed by atoms with Crippen molar-refractivity contribution in [2.45, 2.75) is 0 Å². The van der Waals surface area contributed by atoms with Gasteiger partial charge >= 0.3 is 0 Å². The van der Waals surface area contributed by atoms with Crippen LogP contribution < -0.4 is 0 Å². The Bertz CT molecular complexity index is 98.6. The Morgan fingerprint density at radius 3 is 2.25 bits per heavy atom. The molecule has 3 nitrogen and oxygen atoms in total. The molecule has 46 valence electrons. The molecular weight excluding hydrogens is 106 g/mol. The van der Waals surface area contributed by atoms with Crippen LogP contribution in [0.5, 0.6) is 0 Å². The van der Waals surface area contributed by atoms with E-state index in [0.29, 0.717) is 6.29 Å². The second-order valence-electron chi connectivity index (χ2n) is 1.82. The van der Waals surface area contributed by atoms with Gasteiger partial charge in [0.15, 0.2) is 6.29 Å². The van der Waals surface area contributed by atoms with Gasteiger partial charge in [-0.3, -0.25) is 9.59 Å². The van der Waals surface area contributed by atoms with Crippen LogP contribution in [-0.2, 0) is 9.59 Å². The highest BCUT2D eigenvalue weighted by atomic mass is 16.2. The molecule has 8 heavy (non-hydrogen) atoms. The Labute approximate surface area is 48.3 Å². The van der Waals surface area contributed by atoms with Crippen LogP contribution in [0.25, 0.3) is 0 Å². The zero-order chi connectivity index (χ0) is 6.57. The highest BCUT2D eigenvalue weighted by molar-refractivity contribution is 6.25. The lowest BCUT2D eigenvalue weighted by atomic mass is 10.4. The number of Topliss-reactive ketones (excluding diaryl/α,β-unsaturated/α-hetero) is 1. The van der Waals surface area contributed by atoms with Crippen molar-refractivity contribution >= 4 is 12.1 Å². The molecule has 0 aromatic rings. The van der Waals surface area contributed by atoms with Crippen LogP contribution in [-0.4, -0.2) is 37.6 Å². The lowest BCUT2D eigenvalue weighted by Gasteiger charge is -2.02. The number of rotatable bonds is 3. The summed E-state index contributed by atoms with van der Waals surface area (Å²) in [5, 5.41) is 0. The first-order valence-electron chi connectivity index (χ1n) is 2.29. The Kier molecular flexibility index (Phi) is 3.03. The predicted octanol–water partition coefficient (Wildman–Crippen LogP) is -0.684. The fourth-order valence-corrected chi connectivity index (χ4v) is 0.349. The summed E-state index contributed by atoms with van der Waals surface area (Å²) >= 11 is 0. The first-order chi connectivity index (χ1) is 3.66. The number of ketones is 1. The van der Waals surface area contributed by atoms with E-state index in [0.717, 1.165) is 0 Å². The minimum atomic E-state index is -0.380. The van der Waals surface area contributed by atoms with Crippen LogP contribution in [0.15, 0.2) is 0 Å². The average Bonchev–Trinajstić information content (AvgIpc) is 1.65. The van der Waals surface area contributed by atoms with Gasteiger partial charge in [-0.25, -0.2) is 0 Å². The van der Waals surface area contributed by atoms with Crippen LogP contribution in [0, 0.1) is 0 Å². The maximum absolute atomic E-state index is 10.2. The molecule has 0 heterocycles. The highest BCUT2D eigenvalue weighted by Gasteiger charge is 1.97. The van der Waals surface area contributed by atoms with E-state index in [1.807, 2.05) is 0 Å². The third-order valence-corrected chi connectivity index (χ3v) is 0.604. The SMILES string of the molecule is CN(C)CC(=O)C=O. The molecule has 0 aliphatic carbocycles. The lowest BCUT2D eigenvalue weighted by molar-refractivity contribution is -0.130. The van der Waals surface area contributed by atoms with Crippen LogP contribution in [0.1, 0.15) is 0 Å². The van der Waals surface area contributed by atoms with Gasteiger partial charge in [0.25, 0.3) is 0 Å². The number of hydrogen-bond donors (Lipinski definition) is 0. The van der Waals surface area contributed by atoms with Crippen LogP contribution in [0.2, 0.25) is 0 Å². The van der Waals surface area contributed by atoms with Gasteiger partial charge in [-0.05, 0) is 14.1 Å². The maximum atomic E-state index is 10.2. The molecule has 0 bridgehead atoms. The maximum Gasteiger partial charge on any atom is 0.209 e. The summed E-state index contributed by atoms with van der Waals surface area (Å²) in [7, 11) is 3.48. The van der Waals surface area contributed by atoms with Crippen LogP contribution >= 0.6 is 0 Å². The number of likely N-dealkylation sites (N-methyl/N-ethyl adjacent to an activating group) is 1. The molecule has 0 atom stereocenters. The summed E-state index contributed by atoms with van der Waals surface area (Å²) in [6.07, 6.45) is 0.333. The molecule has 0 unspecified atom stereocenters. The molecule has 0 aliphatic heterocycles. The van der Waals surface area contributed by atoms with E-state index in [2.05, 4.69) is 0 Å². The summed E-state index contributed by atoms with van der Waals surface area (Å²) in [5.74, 6) is -0.380. The van der Waals surface area contributed by atoms with Crippen molar-refractivity contribution < 1.29 is 9.59 Å². The van der Waals surface area contributed by atoms with E-state index < -0.39 is 0 Å². The molecular formula is C5H9NO2. The van der Waals surface area contributed by atoms with Crippen molar-refractivity contribution in [1.82, 2.24) is 4.90 Å². The van der Waals surface area contributed by atoms with E-state index in [-0.39, 0.29) is 12.3 Å². The monoisotopic (exact) mass is 115 g/mol. The molecule has 0 aliphatic rings. The highest BCUT2D eigenvalue weighted by Crippen LogP contribution is 1.71. The van der Waals surface area contributed by atoms with E-state index in [1.165, 1.54) is 0 Å². The first-order valence-corrected chi connectivity index (χ1v) is 2.29. The zero-order valence-electron chi connectivity index (χ0n) is 5.05. The molecule has 0 saturated heterocycles.